The van der Waals surface area contributed by atoms with E-state index in [1.165, 1.54) is 19.9 Å². The first-order valence-electron chi connectivity index (χ1n) is 7.93. The van der Waals surface area contributed by atoms with Crippen LogP contribution in [0, 0.1) is 17.1 Å². The smallest absolute Gasteiger partial charge is 0.347 e. The summed E-state index contributed by atoms with van der Waals surface area (Å²) in [6.45, 7) is 2.86. The fraction of sp³-hybridized carbons (Fsp3) is 0.211. The molecule has 2 aromatic rings. The molecule has 27 heavy (non-hydrogen) atoms. The third kappa shape index (κ3) is 5.69. The minimum atomic E-state index is -1.12. The Morgan fingerprint density at radius 1 is 1.15 bits per heavy atom. The summed E-state index contributed by atoms with van der Waals surface area (Å²) in [4.78, 5) is 24.2. The van der Waals surface area contributed by atoms with Gasteiger partial charge >= 0.3 is 5.97 Å². The van der Waals surface area contributed by atoms with Crippen molar-refractivity contribution in [3.63, 3.8) is 0 Å². The number of anilines is 1. The van der Waals surface area contributed by atoms with Crippen LogP contribution in [0.4, 0.5) is 10.1 Å². The van der Waals surface area contributed by atoms with E-state index < -0.39 is 29.9 Å². The zero-order chi connectivity index (χ0) is 20.0. The van der Waals surface area contributed by atoms with Crippen LogP contribution in [0.25, 0.3) is 0 Å². The van der Waals surface area contributed by atoms with Gasteiger partial charge in [0.1, 0.15) is 11.6 Å². The molecule has 0 saturated carbocycles. The van der Waals surface area contributed by atoms with E-state index in [0.717, 1.165) is 12.1 Å². The SMILES string of the molecule is C[C@H](OC(=O)[C@H](C)Oc1ccc(C#N)cc1)C(=O)Nc1ccc(F)cc1Cl. The Labute approximate surface area is 160 Å². The van der Waals surface area contributed by atoms with Gasteiger partial charge in [-0.3, -0.25) is 4.79 Å². The van der Waals surface area contributed by atoms with E-state index in [4.69, 9.17) is 26.3 Å². The van der Waals surface area contributed by atoms with Gasteiger partial charge in [-0.05, 0) is 56.3 Å². The van der Waals surface area contributed by atoms with Gasteiger partial charge in [-0.25, -0.2) is 9.18 Å². The highest BCUT2D eigenvalue weighted by Crippen LogP contribution is 2.22. The molecule has 6 nitrogen and oxygen atoms in total. The van der Waals surface area contributed by atoms with Crippen molar-refractivity contribution >= 4 is 29.2 Å². The molecule has 1 N–H and O–H groups in total. The lowest BCUT2D eigenvalue weighted by atomic mass is 10.2. The summed E-state index contributed by atoms with van der Waals surface area (Å²) in [7, 11) is 0. The highest BCUT2D eigenvalue weighted by Gasteiger charge is 2.23. The number of nitriles is 1. The molecule has 1 amide bonds. The molecule has 2 rings (SSSR count). The molecule has 0 spiro atoms. The highest BCUT2D eigenvalue weighted by molar-refractivity contribution is 6.33. The minimum absolute atomic E-state index is 0.0272. The second kappa shape index (κ2) is 9.01. The van der Waals surface area contributed by atoms with Crippen LogP contribution in [-0.4, -0.2) is 24.1 Å². The van der Waals surface area contributed by atoms with Crippen LogP contribution < -0.4 is 10.1 Å². The zero-order valence-corrected chi connectivity index (χ0v) is 15.3. The number of carbonyl (C=O) groups is 2. The number of nitrogens with one attached hydrogen (secondary N) is 1. The summed E-state index contributed by atoms with van der Waals surface area (Å²) in [5.41, 5.74) is 0.662. The van der Waals surface area contributed by atoms with Gasteiger partial charge in [0.2, 0.25) is 0 Å². The largest absolute Gasteiger partial charge is 0.479 e. The summed E-state index contributed by atoms with van der Waals surface area (Å²) in [6, 6.07) is 11.7. The summed E-state index contributed by atoms with van der Waals surface area (Å²) in [5.74, 6) is -1.52. The predicted molar refractivity (Wildman–Crippen MR) is 96.8 cm³/mol. The van der Waals surface area contributed by atoms with Gasteiger partial charge in [0.05, 0.1) is 22.3 Å². The van der Waals surface area contributed by atoms with Crippen molar-refractivity contribution in [2.45, 2.75) is 26.1 Å². The maximum Gasteiger partial charge on any atom is 0.347 e. The van der Waals surface area contributed by atoms with E-state index in [1.54, 1.807) is 24.3 Å². The van der Waals surface area contributed by atoms with Crippen molar-refractivity contribution in [1.29, 1.82) is 5.26 Å². The monoisotopic (exact) mass is 390 g/mol. The fourth-order valence-electron chi connectivity index (χ4n) is 2.01. The lowest BCUT2D eigenvalue weighted by Crippen LogP contribution is -2.35. The van der Waals surface area contributed by atoms with Crippen molar-refractivity contribution < 1.29 is 23.5 Å². The number of rotatable bonds is 6. The Morgan fingerprint density at radius 3 is 2.41 bits per heavy atom. The summed E-state index contributed by atoms with van der Waals surface area (Å²) >= 11 is 5.84. The zero-order valence-electron chi connectivity index (χ0n) is 14.5. The molecule has 0 aromatic heterocycles. The predicted octanol–water partition coefficient (Wildman–Crippen LogP) is 3.69. The molecular formula is C19H16ClFN2O4. The van der Waals surface area contributed by atoms with E-state index in [0.29, 0.717) is 11.3 Å². The molecule has 140 valence electrons. The lowest BCUT2D eigenvalue weighted by molar-refractivity contribution is -0.159. The molecule has 0 saturated heterocycles. The first kappa shape index (κ1) is 20.2. The van der Waals surface area contributed by atoms with Crippen molar-refractivity contribution in [1.82, 2.24) is 0 Å². The van der Waals surface area contributed by atoms with Crippen molar-refractivity contribution in [3.8, 4) is 11.8 Å². The number of hydrogen-bond donors (Lipinski definition) is 1. The van der Waals surface area contributed by atoms with E-state index in [1.807, 2.05) is 6.07 Å². The molecule has 8 heteroatoms. The minimum Gasteiger partial charge on any atom is -0.479 e. The lowest BCUT2D eigenvalue weighted by Gasteiger charge is -2.18. The topological polar surface area (TPSA) is 88.4 Å². The summed E-state index contributed by atoms with van der Waals surface area (Å²) in [6.07, 6.45) is -2.09. The molecular weight excluding hydrogens is 375 g/mol. The van der Waals surface area contributed by atoms with Crippen LogP contribution in [0.5, 0.6) is 5.75 Å². The quantitative estimate of drug-likeness (QED) is 0.760. The van der Waals surface area contributed by atoms with E-state index >= 15 is 0 Å². The Balaban J connectivity index is 1.91. The second-order valence-corrected chi connectivity index (χ2v) is 6.00. The van der Waals surface area contributed by atoms with Crippen LogP contribution in [0.2, 0.25) is 5.02 Å². The van der Waals surface area contributed by atoms with Gasteiger partial charge in [-0.1, -0.05) is 11.6 Å². The van der Waals surface area contributed by atoms with Crippen molar-refractivity contribution in [3.05, 3.63) is 58.9 Å². The number of esters is 1. The molecule has 0 heterocycles. The Kier molecular flexibility index (Phi) is 6.74. The van der Waals surface area contributed by atoms with Crippen LogP contribution >= 0.6 is 11.6 Å². The molecule has 0 aliphatic carbocycles. The second-order valence-electron chi connectivity index (χ2n) is 5.59. The van der Waals surface area contributed by atoms with Crippen molar-refractivity contribution in [2.24, 2.45) is 0 Å². The molecule has 2 atom stereocenters. The summed E-state index contributed by atoms with van der Waals surface area (Å²) in [5, 5.41) is 11.2. The molecule has 0 radical (unpaired) electrons. The number of hydrogen-bond acceptors (Lipinski definition) is 5. The van der Waals surface area contributed by atoms with Gasteiger partial charge in [-0.15, -0.1) is 0 Å². The maximum atomic E-state index is 13.0. The molecule has 0 bridgehead atoms. The van der Waals surface area contributed by atoms with Crippen LogP contribution in [0.15, 0.2) is 42.5 Å². The van der Waals surface area contributed by atoms with Gasteiger partial charge in [0.15, 0.2) is 12.2 Å². The number of carbonyl (C=O) groups excluding carboxylic acids is 2. The van der Waals surface area contributed by atoms with E-state index in [2.05, 4.69) is 5.32 Å². The number of ether oxygens (including phenoxy) is 2. The molecule has 0 aliphatic rings. The standard InChI is InChI=1S/C19H16ClFN2O4/c1-11(18(24)23-17-8-5-14(21)9-16(17)20)27-19(25)12(2)26-15-6-3-13(10-22)4-7-15/h3-9,11-12H,1-2H3,(H,23,24)/t11-,12-/m0/s1. The first-order chi connectivity index (χ1) is 12.8. The van der Waals surface area contributed by atoms with E-state index in [9.17, 15) is 14.0 Å². The normalized spacial score (nSPS) is 12.4. The highest BCUT2D eigenvalue weighted by atomic mass is 35.5. The van der Waals surface area contributed by atoms with E-state index in [-0.39, 0.29) is 10.7 Å². The average Bonchev–Trinajstić information content (AvgIpc) is 2.64. The third-order valence-electron chi connectivity index (χ3n) is 3.48. The van der Waals surface area contributed by atoms with Crippen molar-refractivity contribution in [2.75, 3.05) is 5.32 Å². The van der Waals surface area contributed by atoms with Crippen LogP contribution in [0.1, 0.15) is 19.4 Å². The van der Waals surface area contributed by atoms with Gasteiger partial charge < -0.3 is 14.8 Å². The van der Waals surface area contributed by atoms with Crippen LogP contribution in [-0.2, 0) is 14.3 Å². The Bertz CT molecular complexity index is 880. The Hall–Kier alpha value is -3.11. The Morgan fingerprint density at radius 2 is 1.81 bits per heavy atom. The number of nitrogens with zero attached hydrogens (tertiary/aromatic N) is 1. The number of benzene rings is 2. The summed E-state index contributed by atoms with van der Waals surface area (Å²) < 4.78 is 23.5. The molecule has 0 fully saturated rings. The number of amides is 1. The van der Waals surface area contributed by atoms with Crippen LogP contribution in [0.3, 0.4) is 0 Å². The first-order valence-corrected chi connectivity index (χ1v) is 8.31. The van der Waals surface area contributed by atoms with Gasteiger partial charge in [0.25, 0.3) is 5.91 Å². The molecule has 2 aromatic carbocycles. The number of halogens is 2. The van der Waals surface area contributed by atoms with Gasteiger partial charge in [0, 0.05) is 0 Å². The average molecular weight is 391 g/mol. The maximum absolute atomic E-state index is 13.0. The third-order valence-corrected chi connectivity index (χ3v) is 3.79. The van der Waals surface area contributed by atoms with Gasteiger partial charge in [-0.2, -0.15) is 5.26 Å². The molecule has 0 aliphatic heterocycles. The molecule has 0 unspecified atom stereocenters. The fourth-order valence-corrected chi connectivity index (χ4v) is 2.22.